The SMILES string of the molecule is Cc1cccc(-c2ccc(C=O)c(OC(C)(C)C(=O)OC(C)(C)C)c2)c1. The molecule has 4 heteroatoms. The summed E-state index contributed by atoms with van der Waals surface area (Å²) in [5.41, 5.74) is 1.61. The molecule has 0 N–H and O–H groups in total. The Hall–Kier alpha value is -2.62. The zero-order valence-corrected chi connectivity index (χ0v) is 16.3. The average molecular weight is 354 g/mol. The van der Waals surface area contributed by atoms with Crippen LogP contribution >= 0.6 is 0 Å². The van der Waals surface area contributed by atoms with Gasteiger partial charge in [0, 0.05) is 0 Å². The molecule has 0 atom stereocenters. The van der Waals surface area contributed by atoms with Crippen molar-refractivity contribution >= 4 is 12.3 Å². The summed E-state index contributed by atoms with van der Waals surface area (Å²) in [5.74, 6) is -0.127. The average Bonchev–Trinajstić information content (AvgIpc) is 2.53. The molecule has 0 aliphatic rings. The molecule has 0 fully saturated rings. The molecule has 138 valence electrons. The first kappa shape index (κ1) is 19.7. The fraction of sp³-hybridized carbons (Fsp3) is 0.364. The number of esters is 1. The molecule has 0 bridgehead atoms. The van der Waals surface area contributed by atoms with Gasteiger partial charge in [0.25, 0.3) is 0 Å². The van der Waals surface area contributed by atoms with Gasteiger partial charge in [0.2, 0.25) is 0 Å². The number of aldehydes is 1. The van der Waals surface area contributed by atoms with Crippen LogP contribution in [0, 0.1) is 6.92 Å². The van der Waals surface area contributed by atoms with Crippen LogP contribution in [0.15, 0.2) is 42.5 Å². The first-order chi connectivity index (χ1) is 12.0. The number of ether oxygens (including phenoxy) is 2. The van der Waals surface area contributed by atoms with Crippen molar-refractivity contribution in [2.24, 2.45) is 0 Å². The molecule has 2 aromatic carbocycles. The maximum atomic E-state index is 12.4. The summed E-state index contributed by atoms with van der Waals surface area (Å²) < 4.78 is 11.3. The van der Waals surface area contributed by atoms with Gasteiger partial charge in [-0.25, -0.2) is 4.79 Å². The normalized spacial score (nSPS) is 11.8. The smallest absolute Gasteiger partial charge is 0.350 e. The number of benzene rings is 2. The Morgan fingerprint density at radius 2 is 1.62 bits per heavy atom. The van der Waals surface area contributed by atoms with Crippen molar-refractivity contribution in [3.63, 3.8) is 0 Å². The Kier molecular flexibility index (Phi) is 5.55. The van der Waals surface area contributed by atoms with Gasteiger partial charge in [-0.05, 0) is 64.8 Å². The molecule has 26 heavy (non-hydrogen) atoms. The predicted molar refractivity (Wildman–Crippen MR) is 103 cm³/mol. The molecule has 2 aromatic rings. The molecule has 0 spiro atoms. The Labute approximate surface area is 155 Å². The van der Waals surface area contributed by atoms with Crippen molar-refractivity contribution in [1.29, 1.82) is 0 Å². The standard InChI is InChI=1S/C22H26O4/c1-15-8-7-9-16(12-15)17-10-11-18(14-23)19(13-17)25-22(5,6)20(24)26-21(2,3)4/h7-14H,1-6H3. The Morgan fingerprint density at radius 3 is 2.19 bits per heavy atom. The van der Waals surface area contributed by atoms with Crippen LogP contribution in [-0.2, 0) is 9.53 Å². The van der Waals surface area contributed by atoms with E-state index < -0.39 is 17.2 Å². The van der Waals surface area contributed by atoms with Crippen molar-refractivity contribution < 1.29 is 19.1 Å². The second-order valence-electron chi connectivity index (χ2n) is 7.85. The number of rotatable bonds is 5. The minimum Gasteiger partial charge on any atom is -0.475 e. The summed E-state index contributed by atoms with van der Waals surface area (Å²) in [6.45, 7) is 10.7. The zero-order chi connectivity index (χ0) is 19.5. The van der Waals surface area contributed by atoms with Crippen LogP contribution in [-0.4, -0.2) is 23.5 Å². The van der Waals surface area contributed by atoms with E-state index >= 15 is 0 Å². The van der Waals surface area contributed by atoms with Crippen LogP contribution in [0.5, 0.6) is 5.75 Å². The molecule has 0 saturated heterocycles. The minimum absolute atomic E-state index is 0.356. The van der Waals surface area contributed by atoms with Gasteiger partial charge in [-0.3, -0.25) is 4.79 Å². The van der Waals surface area contributed by atoms with E-state index in [4.69, 9.17) is 9.47 Å². The fourth-order valence-electron chi connectivity index (χ4n) is 2.44. The van der Waals surface area contributed by atoms with Gasteiger partial charge in [0.15, 0.2) is 11.9 Å². The first-order valence-electron chi connectivity index (χ1n) is 8.60. The highest BCUT2D eigenvalue weighted by Crippen LogP contribution is 2.30. The number of hydrogen-bond donors (Lipinski definition) is 0. The highest BCUT2D eigenvalue weighted by Gasteiger charge is 2.35. The molecule has 0 radical (unpaired) electrons. The maximum absolute atomic E-state index is 12.4. The van der Waals surface area contributed by atoms with Crippen LogP contribution in [0.4, 0.5) is 0 Å². The van der Waals surface area contributed by atoms with E-state index in [1.807, 2.05) is 31.2 Å². The fourth-order valence-corrected chi connectivity index (χ4v) is 2.44. The lowest BCUT2D eigenvalue weighted by atomic mass is 10.0. The van der Waals surface area contributed by atoms with Crippen LogP contribution in [0.25, 0.3) is 11.1 Å². The number of carbonyl (C=O) groups excluding carboxylic acids is 2. The van der Waals surface area contributed by atoms with Crippen molar-refractivity contribution in [2.75, 3.05) is 0 Å². The second kappa shape index (κ2) is 7.32. The molecular formula is C22H26O4. The van der Waals surface area contributed by atoms with Gasteiger partial charge in [0.1, 0.15) is 11.4 Å². The number of hydrogen-bond acceptors (Lipinski definition) is 4. The van der Waals surface area contributed by atoms with Crippen molar-refractivity contribution in [1.82, 2.24) is 0 Å². The molecule has 0 aromatic heterocycles. The highest BCUT2D eigenvalue weighted by molar-refractivity contribution is 5.84. The van der Waals surface area contributed by atoms with Crippen molar-refractivity contribution in [3.05, 3.63) is 53.6 Å². The largest absolute Gasteiger partial charge is 0.475 e. The predicted octanol–water partition coefficient (Wildman–Crippen LogP) is 4.97. The monoisotopic (exact) mass is 354 g/mol. The van der Waals surface area contributed by atoms with Crippen molar-refractivity contribution in [3.8, 4) is 16.9 Å². The van der Waals surface area contributed by atoms with Gasteiger partial charge in [-0.15, -0.1) is 0 Å². The van der Waals surface area contributed by atoms with E-state index in [1.54, 1.807) is 46.8 Å². The van der Waals surface area contributed by atoms with Crippen LogP contribution in [0.1, 0.15) is 50.5 Å². The van der Waals surface area contributed by atoms with Gasteiger partial charge >= 0.3 is 5.97 Å². The Balaban J connectivity index is 2.37. The molecule has 2 rings (SSSR count). The number of aryl methyl sites for hydroxylation is 1. The molecule has 0 heterocycles. The quantitative estimate of drug-likeness (QED) is 0.562. The third-order valence-corrected chi connectivity index (χ3v) is 3.75. The minimum atomic E-state index is -1.23. The number of carbonyl (C=O) groups is 2. The Morgan fingerprint density at radius 1 is 0.962 bits per heavy atom. The van der Waals surface area contributed by atoms with Crippen LogP contribution in [0.2, 0.25) is 0 Å². The van der Waals surface area contributed by atoms with Crippen LogP contribution < -0.4 is 4.74 Å². The third kappa shape index (κ3) is 4.94. The summed E-state index contributed by atoms with van der Waals surface area (Å²) in [5, 5.41) is 0. The molecule has 0 saturated carbocycles. The van der Waals surface area contributed by atoms with Gasteiger partial charge < -0.3 is 9.47 Å². The topological polar surface area (TPSA) is 52.6 Å². The lowest BCUT2D eigenvalue weighted by Gasteiger charge is -2.29. The van der Waals surface area contributed by atoms with E-state index in [9.17, 15) is 9.59 Å². The molecule has 0 amide bonds. The van der Waals surface area contributed by atoms with E-state index in [2.05, 4.69) is 6.07 Å². The van der Waals surface area contributed by atoms with Gasteiger partial charge in [-0.2, -0.15) is 0 Å². The molecule has 0 unspecified atom stereocenters. The molecular weight excluding hydrogens is 328 g/mol. The van der Waals surface area contributed by atoms with E-state index in [1.165, 1.54) is 0 Å². The maximum Gasteiger partial charge on any atom is 0.350 e. The van der Waals surface area contributed by atoms with E-state index in [0.717, 1.165) is 23.0 Å². The first-order valence-corrected chi connectivity index (χ1v) is 8.60. The summed E-state index contributed by atoms with van der Waals surface area (Å²) in [7, 11) is 0. The molecule has 0 aliphatic carbocycles. The van der Waals surface area contributed by atoms with Gasteiger partial charge in [0.05, 0.1) is 5.56 Å². The van der Waals surface area contributed by atoms with E-state index in [-0.39, 0.29) is 0 Å². The molecule has 0 aliphatic heterocycles. The second-order valence-corrected chi connectivity index (χ2v) is 7.85. The van der Waals surface area contributed by atoms with E-state index in [0.29, 0.717) is 11.3 Å². The van der Waals surface area contributed by atoms with Gasteiger partial charge in [-0.1, -0.05) is 35.9 Å². The highest BCUT2D eigenvalue weighted by atomic mass is 16.6. The lowest BCUT2D eigenvalue weighted by Crippen LogP contribution is -2.43. The zero-order valence-electron chi connectivity index (χ0n) is 16.3. The summed E-state index contributed by atoms with van der Waals surface area (Å²) >= 11 is 0. The molecule has 4 nitrogen and oxygen atoms in total. The third-order valence-electron chi connectivity index (χ3n) is 3.75. The lowest BCUT2D eigenvalue weighted by molar-refractivity contribution is -0.170. The van der Waals surface area contributed by atoms with Crippen molar-refractivity contribution in [2.45, 2.75) is 52.7 Å². The summed E-state index contributed by atoms with van der Waals surface area (Å²) in [6.07, 6.45) is 0.723. The Bertz CT molecular complexity index is 813. The van der Waals surface area contributed by atoms with Crippen LogP contribution in [0.3, 0.4) is 0 Å². The summed E-state index contributed by atoms with van der Waals surface area (Å²) in [4.78, 5) is 23.9. The summed E-state index contributed by atoms with van der Waals surface area (Å²) in [6, 6.07) is 13.4.